The Balaban J connectivity index is 0.00000450. The molecule has 0 bridgehead atoms. The molecule has 0 amide bonds. The first-order chi connectivity index (χ1) is 13.8. The quantitative estimate of drug-likeness (QED) is 0.272. The predicted octanol–water partition coefficient (Wildman–Crippen LogP) is 3.40. The smallest absolute Gasteiger partial charge is 0.216 e. The first-order valence-corrected chi connectivity index (χ1v) is 9.65. The molecule has 1 aromatic heterocycles. The molecule has 0 saturated carbocycles. The van der Waals surface area contributed by atoms with E-state index >= 15 is 0 Å². The Labute approximate surface area is 195 Å². The molecule has 0 aliphatic carbocycles. The number of guanidine groups is 1. The number of ether oxygens (including phenoxy) is 2. The van der Waals surface area contributed by atoms with Crippen LogP contribution in [0.15, 0.2) is 33.8 Å². The average molecular weight is 532 g/mol. The number of hydrogen-bond acceptors (Lipinski definition) is 6. The highest BCUT2D eigenvalue weighted by Crippen LogP contribution is 2.26. The zero-order valence-corrected chi connectivity index (χ0v) is 20.8. The van der Waals surface area contributed by atoms with E-state index in [4.69, 9.17) is 13.9 Å². The molecule has 9 heteroatoms. The number of rotatable bonds is 8. The third-order valence-corrected chi connectivity index (χ3v) is 4.23. The number of methoxy groups -OCH3 is 2. The van der Waals surface area contributed by atoms with Crippen LogP contribution in [0, 0.1) is 0 Å². The van der Waals surface area contributed by atoms with Gasteiger partial charge in [-0.3, -0.25) is 0 Å². The Morgan fingerprint density at radius 2 is 1.80 bits per heavy atom. The van der Waals surface area contributed by atoms with Crippen LogP contribution in [0.25, 0.3) is 0 Å². The van der Waals surface area contributed by atoms with Gasteiger partial charge in [0.25, 0.3) is 0 Å². The lowest BCUT2D eigenvalue weighted by molar-refractivity contribution is 0.180. The van der Waals surface area contributed by atoms with E-state index in [2.05, 4.69) is 41.4 Å². The first-order valence-electron chi connectivity index (χ1n) is 9.65. The molecular formula is C21H33IN4O4. The van der Waals surface area contributed by atoms with E-state index in [1.165, 1.54) is 0 Å². The summed E-state index contributed by atoms with van der Waals surface area (Å²) in [7, 11) is 3.15. The zero-order chi connectivity index (χ0) is 21.4. The third-order valence-electron chi connectivity index (χ3n) is 4.23. The molecule has 0 aliphatic heterocycles. The lowest BCUT2D eigenvalue weighted by atomic mass is 9.94. The number of nitrogens with one attached hydrogen (secondary N) is 2. The molecule has 168 valence electrons. The number of aliphatic imine (C=N–C) groups is 1. The van der Waals surface area contributed by atoms with Gasteiger partial charge in [-0.05, 0) is 24.6 Å². The lowest BCUT2D eigenvalue weighted by Gasteiger charge is -2.17. The minimum absolute atomic E-state index is 0. The van der Waals surface area contributed by atoms with Crippen LogP contribution in [0.4, 0.5) is 0 Å². The maximum Gasteiger partial charge on any atom is 0.216 e. The second kappa shape index (κ2) is 12.0. The van der Waals surface area contributed by atoms with Crippen molar-refractivity contribution in [3.8, 4) is 11.5 Å². The molecule has 1 heterocycles. The van der Waals surface area contributed by atoms with Gasteiger partial charge in [0.05, 0.1) is 26.5 Å². The van der Waals surface area contributed by atoms with E-state index in [9.17, 15) is 5.11 Å². The second-order valence-electron chi connectivity index (χ2n) is 7.61. The summed E-state index contributed by atoms with van der Waals surface area (Å²) in [6.45, 7) is 9.44. The molecule has 1 aromatic carbocycles. The minimum Gasteiger partial charge on any atom is -0.497 e. The molecule has 3 N–H and O–H groups in total. The lowest BCUT2D eigenvalue weighted by Crippen LogP contribution is -2.39. The molecule has 0 fully saturated rings. The van der Waals surface area contributed by atoms with Gasteiger partial charge in [0.1, 0.15) is 23.8 Å². The van der Waals surface area contributed by atoms with Gasteiger partial charge in [-0.1, -0.05) is 20.8 Å². The van der Waals surface area contributed by atoms with E-state index in [-0.39, 0.29) is 35.9 Å². The van der Waals surface area contributed by atoms with E-state index in [1.54, 1.807) is 38.6 Å². The molecule has 0 saturated heterocycles. The van der Waals surface area contributed by atoms with Gasteiger partial charge in [0, 0.05) is 24.6 Å². The number of aliphatic hydroxyl groups is 1. The van der Waals surface area contributed by atoms with E-state index < -0.39 is 6.10 Å². The highest BCUT2D eigenvalue weighted by molar-refractivity contribution is 14.0. The standard InChI is InChI=1S/C21H32N4O4.HI/c1-7-22-20(25-13-19-23-12-18(29-19)21(2,3)4)24-11-17(26)14-8-15(27-5)10-16(9-14)28-6;/h8-10,12,17,26H,7,11,13H2,1-6H3,(H2,22,24,25);1H. The number of aromatic nitrogens is 1. The monoisotopic (exact) mass is 532 g/mol. The van der Waals surface area contributed by atoms with Crippen molar-refractivity contribution in [1.29, 1.82) is 0 Å². The van der Waals surface area contributed by atoms with Gasteiger partial charge >= 0.3 is 0 Å². The number of aliphatic hydroxyl groups excluding tert-OH is 1. The van der Waals surface area contributed by atoms with E-state index in [0.29, 0.717) is 42.0 Å². The Bertz CT molecular complexity index is 795. The van der Waals surface area contributed by atoms with Gasteiger partial charge in [0.15, 0.2) is 5.96 Å². The van der Waals surface area contributed by atoms with Crippen LogP contribution in [0.1, 0.15) is 51.0 Å². The van der Waals surface area contributed by atoms with Gasteiger partial charge in [-0.2, -0.15) is 0 Å². The van der Waals surface area contributed by atoms with Crippen LogP contribution in [-0.4, -0.2) is 43.4 Å². The van der Waals surface area contributed by atoms with Crippen molar-refractivity contribution in [2.45, 2.75) is 45.8 Å². The van der Waals surface area contributed by atoms with Gasteiger partial charge in [-0.15, -0.1) is 24.0 Å². The maximum absolute atomic E-state index is 10.6. The van der Waals surface area contributed by atoms with Crippen molar-refractivity contribution in [3.63, 3.8) is 0 Å². The summed E-state index contributed by atoms with van der Waals surface area (Å²) in [6, 6.07) is 5.32. The first kappa shape index (κ1) is 26.0. The molecule has 1 atom stereocenters. The Morgan fingerprint density at radius 3 is 2.30 bits per heavy atom. The van der Waals surface area contributed by atoms with Crippen LogP contribution in [0.3, 0.4) is 0 Å². The summed E-state index contributed by atoms with van der Waals surface area (Å²) < 4.78 is 16.3. The largest absolute Gasteiger partial charge is 0.497 e. The molecule has 0 radical (unpaired) electrons. The topological polar surface area (TPSA) is 101 Å². The van der Waals surface area contributed by atoms with Crippen LogP contribution in [-0.2, 0) is 12.0 Å². The highest BCUT2D eigenvalue weighted by Gasteiger charge is 2.19. The maximum atomic E-state index is 10.6. The Hall–Kier alpha value is -2.01. The SMILES string of the molecule is CCNC(=NCc1ncc(C(C)(C)C)o1)NCC(O)c1cc(OC)cc(OC)c1.I. The fourth-order valence-electron chi connectivity index (χ4n) is 2.55. The molecule has 2 aromatic rings. The highest BCUT2D eigenvalue weighted by atomic mass is 127. The van der Waals surface area contributed by atoms with Crippen LogP contribution in [0.2, 0.25) is 0 Å². The van der Waals surface area contributed by atoms with Gasteiger partial charge in [-0.25, -0.2) is 9.98 Å². The van der Waals surface area contributed by atoms with Crippen molar-refractivity contribution >= 4 is 29.9 Å². The molecule has 0 spiro atoms. The number of hydrogen-bond donors (Lipinski definition) is 3. The third kappa shape index (κ3) is 7.67. The van der Waals surface area contributed by atoms with Crippen molar-refractivity contribution in [1.82, 2.24) is 15.6 Å². The molecule has 30 heavy (non-hydrogen) atoms. The number of halogens is 1. The van der Waals surface area contributed by atoms with Crippen LogP contribution in [0.5, 0.6) is 11.5 Å². The number of benzene rings is 1. The predicted molar refractivity (Wildman–Crippen MR) is 128 cm³/mol. The van der Waals surface area contributed by atoms with Crippen LogP contribution >= 0.6 is 24.0 Å². The number of nitrogens with zero attached hydrogens (tertiary/aromatic N) is 2. The summed E-state index contributed by atoms with van der Waals surface area (Å²) in [6.07, 6.45) is 0.975. The molecule has 0 aliphatic rings. The Kier molecular flexibility index (Phi) is 10.4. The minimum atomic E-state index is -0.767. The van der Waals surface area contributed by atoms with Crippen molar-refractivity contribution in [2.75, 3.05) is 27.3 Å². The molecular weight excluding hydrogens is 499 g/mol. The molecule has 1 unspecified atom stereocenters. The van der Waals surface area contributed by atoms with Gasteiger partial charge < -0.3 is 29.6 Å². The molecule has 2 rings (SSSR count). The normalized spacial score (nSPS) is 12.7. The van der Waals surface area contributed by atoms with Gasteiger partial charge in [0.2, 0.25) is 5.89 Å². The Morgan fingerprint density at radius 1 is 1.17 bits per heavy atom. The summed E-state index contributed by atoms with van der Waals surface area (Å²) in [5.74, 6) is 3.18. The zero-order valence-electron chi connectivity index (χ0n) is 18.5. The van der Waals surface area contributed by atoms with E-state index in [1.807, 2.05) is 6.92 Å². The van der Waals surface area contributed by atoms with Crippen molar-refractivity contribution in [2.24, 2.45) is 4.99 Å². The summed E-state index contributed by atoms with van der Waals surface area (Å²) in [4.78, 5) is 8.78. The van der Waals surface area contributed by atoms with Crippen molar-refractivity contribution < 1.29 is 19.0 Å². The van der Waals surface area contributed by atoms with E-state index in [0.717, 1.165) is 5.76 Å². The summed E-state index contributed by atoms with van der Waals surface area (Å²) >= 11 is 0. The molecule has 8 nitrogen and oxygen atoms in total. The van der Waals surface area contributed by atoms with Crippen LogP contribution < -0.4 is 20.1 Å². The fourth-order valence-corrected chi connectivity index (χ4v) is 2.55. The summed E-state index contributed by atoms with van der Waals surface area (Å²) in [5.41, 5.74) is 0.590. The summed E-state index contributed by atoms with van der Waals surface area (Å²) in [5, 5.41) is 16.9. The second-order valence-corrected chi connectivity index (χ2v) is 7.61. The number of oxazole rings is 1. The fraction of sp³-hybridized carbons (Fsp3) is 0.524. The van der Waals surface area contributed by atoms with Crippen molar-refractivity contribution in [3.05, 3.63) is 41.6 Å². The average Bonchev–Trinajstić information content (AvgIpc) is 3.19.